The van der Waals surface area contributed by atoms with Crippen molar-refractivity contribution in [3.63, 3.8) is 0 Å². The number of benzene rings is 2. The van der Waals surface area contributed by atoms with Crippen molar-refractivity contribution >= 4 is 21.6 Å². The number of rotatable bonds is 9. The highest BCUT2D eigenvalue weighted by Gasteiger charge is 2.16. The van der Waals surface area contributed by atoms with Gasteiger partial charge in [-0.2, -0.15) is 0 Å². The molecule has 0 unspecified atom stereocenters. The standard InChI is InChI=1S/C19H24N2O4S/c1-3-25-14-6-13-20-19(22)16-9-11-17(12-10-16)26(23,24)21-18-8-5-4-7-15(18)2/h4-5,7-12,21H,3,6,13-14H2,1-2H3,(H,20,22). The first-order chi connectivity index (χ1) is 12.4. The summed E-state index contributed by atoms with van der Waals surface area (Å²) in [7, 11) is -3.70. The molecule has 0 atom stereocenters. The molecule has 0 aliphatic rings. The number of nitrogens with one attached hydrogen (secondary N) is 2. The van der Waals surface area contributed by atoms with Crippen LogP contribution in [-0.2, 0) is 14.8 Å². The van der Waals surface area contributed by atoms with Crippen LogP contribution in [0.1, 0.15) is 29.3 Å². The third-order valence-electron chi connectivity index (χ3n) is 3.77. The fourth-order valence-electron chi connectivity index (χ4n) is 2.30. The molecule has 6 nitrogen and oxygen atoms in total. The van der Waals surface area contributed by atoms with Crippen LogP contribution < -0.4 is 10.0 Å². The number of aryl methyl sites for hydroxylation is 1. The van der Waals surface area contributed by atoms with Gasteiger partial charge in [0.1, 0.15) is 0 Å². The minimum atomic E-state index is -3.70. The Morgan fingerprint density at radius 3 is 2.42 bits per heavy atom. The first-order valence-corrected chi connectivity index (χ1v) is 9.97. The molecule has 2 rings (SSSR count). The van der Waals surface area contributed by atoms with Gasteiger partial charge < -0.3 is 10.1 Å². The van der Waals surface area contributed by atoms with Crippen molar-refractivity contribution in [2.24, 2.45) is 0 Å². The molecular weight excluding hydrogens is 352 g/mol. The molecule has 0 aromatic heterocycles. The second-order valence-electron chi connectivity index (χ2n) is 5.75. The van der Waals surface area contributed by atoms with E-state index in [2.05, 4.69) is 10.0 Å². The highest BCUT2D eigenvalue weighted by atomic mass is 32.2. The lowest BCUT2D eigenvalue weighted by atomic mass is 10.2. The predicted octanol–water partition coefficient (Wildman–Crippen LogP) is 2.95. The van der Waals surface area contributed by atoms with Crippen molar-refractivity contribution in [2.75, 3.05) is 24.5 Å². The van der Waals surface area contributed by atoms with Gasteiger partial charge in [-0.1, -0.05) is 18.2 Å². The summed E-state index contributed by atoms with van der Waals surface area (Å²) in [6.07, 6.45) is 0.729. The van der Waals surface area contributed by atoms with Crippen molar-refractivity contribution in [1.82, 2.24) is 5.32 Å². The van der Waals surface area contributed by atoms with Crippen molar-refractivity contribution in [1.29, 1.82) is 0 Å². The van der Waals surface area contributed by atoms with E-state index < -0.39 is 10.0 Å². The van der Waals surface area contributed by atoms with Crippen LogP contribution in [0.15, 0.2) is 53.4 Å². The van der Waals surface area contributed by atoms with Gasteiger partial charge in [-0.15, -0.1) is 0 Å². The number of amides is 1. The van der Waals surface area contributed by atoms with E-state index in [1.54, 1.807) is 12.1 Å². The molecule has 0 spiro atoms. The van der Waals surface area contributed by atoms with Crippen molar-refractivity contribution in [3.05, 3.63) is 59.7 Å². The molecule has 0 saturated heterocycles. The molecule has 26 heavy (non-hydrogen) atoms. The molecule has 0 bridgehead atoms. The van der Waals surface area contributed by atoms with E-state index in [0.717, 1.165) is 12.0 Å². The molecule has 0 heterocycles. The summed E-state index contributed by atoms with van der Waals surface area (Å²) < 4.78 is 32.7. The van der Waals surface area contributed by atoms with Crippen molar-refractivity contribution in [3.8, 4) is 0 Å². The average molecular weight is 376 g/mol. The highest BCUT2D eigenvalue weighted by molar-refractivity contribution is 7.92. The fraction of sp³-hybridized carbons (Fsp3) is 0.316. The van der Waals surface area contributed by atoms with E-state index in [1.807, 2.05) is 26.0 Å². The van der Waals surface area contributed by atoms with E-state index in [1.165, 1.54) is 24.3 Å². The monoisotopic (exact) mass is 376 g/mol. The molecule has 1 amide bonds. The van der Waals surface area contributed by atoms with Gasteiger partial charge in [-0.05, 0) is 56.2 Å². The van der Waals surface area contributed by atoms with Crippen LogP contribution in [0.4, 0.5) is 5.69 Å². The summed E-state index contributed by atoms with van der Waals surface area (Å²) in [5, 5.41) is 2.78. The summed E-state index contributed by atoms with van der Waals surface area (Å²) >= 11 is 0. The molecule has 0 saturated carbocycles. The first kappa shape index (κ1) is 19.9. The smallest absolute Gasteiger partial charge is 0.261 e. The van der Waals surface area contributed by atoms with Gasteiger partial charge >= 0.3 is 0 Å². The van der Waals surface area contributed by atoms with Gasteiger partial charge in [-0.25, -0.2) is 8.42 Å². The third kappa shape index (κ3) is 5.57. The van der Waals surface area contributed by atoms with Gasteiger partial charge in [0.15, 0.2) is 0 Å². The Labute approximate surface area is 154 Å². The van der Waals surface area contributed by atoms with E-state index in [4.69, 9.17) is 4.74 Å². The van der Waals surface area contributed by atoms with Gasteiger partial charge in [0, 0.05) is 25.3 Å². The van der Waals surface area contributed by atoms with Gasteiger partial charge in [-0.3, -0.25) is 9.52 Å². The Morgan fingerprint density at radius 2 is 1.77 bits per heavy atom. The number of hydrogen-bond acceptors (Lipinski definition) is 4. The topological polar surface area (TPSA) is 84.5 Å². The maximum absolute atomic E-state index is 12.5. The second-order valence-corrected chi connectivity index (χ2v) is 7.43. The zero-order valence-corrected chi connectivity index (χ0v) is 15.8. The van der Waals surface area contributed by atoms with Crippen LogP contribution in [-0.4, -0.2) is 34.1 Å². The number of carbonyl (C=O) groups is 1. The third-order valence-corrected chi connectivity index (χ3v) is 5.15. The van der Waals surface area contributed by atoms with Gasteiger partial charge in [0.05, 0.1) is 10.6 Å². The SMILES string of the molecule is CCOCCCNC(=O)c1ccc(S(=O)(=O)Nc2ccccc2C)cc1. The Hall–Kier alpha value is -2.38. The minimum absolute atomic E-state index is 0.105. The van der Waals surface area contributed by atoms with E-state index in [9.17, 15) is 13.2 Å². The lowest BCUT2D eigenvalue weighted by molar-refractivity contribution is 0.0944. The number of carbonyl (C=O) groups excluding carboxylic acids is 1. The van der Waals surface area contributed by atoms with Crippen LogP contribution in [0.3, 0.4) is 0 Å². The molecule has 0 fully saturated rings. The number of hydrogen-bond donors (Lipinski definition) is 2. The maximum atomic E-state index is 12.5. The number of sulfonamides is 1. The van der Waals surface area contributed by atoms with Crippen molar-refractivity contribution in [2.45, 2.75) is 25.2 Å². The summed E-state index contributed by atoms with van der Waals surface area (Å²) in [5.74, 6) is -0.239. The molecule has 2 aromatic carbocycles. The number of anilines is 1. The second kappa shape index (κ2) is 9.35. The van der Waals surface area contributed by atoms with E-state index >= 15 is 0 Å². The molecule has 0 radical (unpaired) electrons. The summed E-state index contributed by atoms with van der Waals surface area (Å²) in [6, 6.07) is 13.0. The van der Waals surface area contributed by atoms with Crippen molar-refractivity contribution < 1.29 is 17.9 Å². The van der Waals surface area contributed by atoms with Crippen LogP contribution in [0, 0.1) is 6.92 Å². The zero-order valence-electron chi connectivity index (χ0n) is 15.0. The number of ether oxygens (including phenoxy) is 1. The lowest BCUT2D eigenvalue weighted by Gasteiger charge is -2.11. The molecule has 140 valence electrons. The first-order valence-electron chi connectivity index (χ1n) is 8.48. The lowest BCUT2D eigenvalue weighted by Crippen LogP contribution is -2.25. The van der Waals surface area contributed by atoms with Crippen LogP contribution in [0.25, 0.3) is 0 Å². The zero-order chi connectivity index (χ0) is 19.0. The van der Waals surface area contributed by atoms with Crippen LogP contribution >= 0.6 is 0 Å². The molecule has 2 aromatic rings. The normalized spacial score (nSPS) is 11.2. The fourth-order valence-corrected chi connectivity index (χ4v) is 3.43. The highest BCUT2D eigenvalue weighted by Crippen LogP contribution is 2.19. The van der Waals surface area contributed by atoms with E-state index in [-0.39, 0.29) is 10.8 Å². The molecule has 7 heteroatoms. The largest absolute Gasteiger partial charge is 0.382 e. The molecule has 0 aliphatic heterocycles. The molecule has 0 aliphatic carbocycles. The summed E-state index contributed by atoms with van der Waals surface area (Å²) in [5.41, 5.74) is 1.78. The Balaban J connectivity index is 1.99. The van der Waals surface area contributed by atoms with Gasteiger partial charge in [0.25, 0.3) is 15.9 Å². The summed E-state index contributed by atoms with van der Waals surface area (Å²) in [6.45, 7) is 5.51. The quantitative estimate of drug-likeness (QED) is 0.659. The predicted molar refractivity (Wildman–Crippen MR) is 102 cm³/mol. The summed E-state index contributed by atoms with van der Waals surface area (Å²) in [4.78, 5) is 12.2. The van der Waals surface area contributed by atoms with Crippen LogP contribution in [0.5, 0.6) is 0 Å². The Bertz CT molecular complexity index is 833. The van der Waals surface area contributed by atoms with E-state index in [0.29, 0.717) is 31.0 Å². The Kier molecular flexibility index (Phi) is 7.17. The minimum Gasteiger partial charge on any atom is -0.382 e. The number of para-hydroxylation sites is 1. The average Bonchev–Trinajstić information content (AvgIpc) is 2.63. The molecule has 2 N–H and O–H groups in total. The maximum Gasteiger partial charge on any atom is 0.261 e. The Morgan fingerprint density at radius 1 is 1.08 bits per heavy atom. The van der Waals surface area contributed by atoms with Crippen LogP contribution in [0.2, 0.25) is 0 Å². The molecular formula is C19H24N2O4S. The van der Waals surface area contributed by atoms with Gasteiger partial charge in [0.2, 0.25) is 0 Å².